The standard InChI is InChI=1S/C15H15FN2O2/c1-18(15(19)13-7-4-5-9-17-13)10-11-20-14-8-3-2-6-12(14)16/h2-9H,10-11H2,1H3. The number of para-hydroxylation sites is 1. The average molecular weight is 274 g/mol. The minimum Gasteiger partial charge on any atom is -0.489 e. The third-order valence-electron chi connectivity index (χ3n) is 2.75. The van der Waals surface area contributed by atoms with Crippen LogP contribution in [0.25, 0.3) is 0 Å². The Kier molecular flexibility index (Phi) is 4.65. The van der Waals surface area contributed by atoms with Crippen molar-refractivity contribution in [3.8, 4) is 5.75 Å². The number of amides is 1. The fraction of sp³-hybridized carbons (Fsp3) is 0.200. The minimum absolute atomic E-state index is 0.186. The number of hydrogen-bond acceptors (Lipinski definition) is 3. The number of aromatic nitrogens is 1. The summed E-state index contributed by atoms with van der Waals surface area (Å²) < 4.78 is 18.6. The van der Waals surface area contributed by atoms with Crippen LogP contribution in [0.15, 0.2) is 48.7 Å². The molecule has 20 heavy (non-hydrogen) atoms. The number of pyridine rings is 1. The van der Waals surface area contributed by atoms with Crippen LogP contribution in [0.2, 0.25) is 0 Å². The Bertz CT molecular complexity index is 575. The summed E-state index contributed by atoms with van der Waals surface area (Å²) in [5.41, 5.74) is 0.376. The van der Waals surface area contributed by atoms with E-state index < -0.39 is 5.82 Å². The Morgan fingerprint density at radius 2 is 2.00 bits per heavy atom. The molecule has 0 aliphatic rings. The zero-order valence-corrected chi connectivity index (χ0v) is 11.1. The molecule has 2 aromatic rings. The van der Waals surface area contributed by atoms with Crippen molar-refractivity contribution in [3.05, 3.63) is 60.2 Å². The predicted octanol–water partition coefficient (Wildman–Crippen LogP) is 2.37. The second kappa shape index (κ2) is 6.65. The monoisotopic (exact) mass is 274 g/mol. The van der Waals surface area contributed by atoms with Crippen LogP contribution in [0.4, 0.5) is 4.39 Å². The number of hydrogen-bond donors (Lipinski definition) is 0. The van der Waals surface area contributed by atoms with Crippen molar-refractivity contribution in [2.45, 2.75) is 0 Å². The molecule has 1 heterocycles. The SMILES string of the molecule is CN(CCOc1ccccc1F)C(=O)c1ccccn1. The molecule has 0 aliphatic carbocycles. The Morgan fingerprint density at radius 1 is 1.25 bits per heavy atom. The molecule has 0 unspecified atom stereocenters. The summed E-state index contributed by atoms with van der Waals surface area (Å²) >= 11 is 0. The highest BCUT2D eigenvalue weighted by atomic mass is 19.1. The van der Waals surface area contributed by atoms with Crippen LogP contribution in [0.1, 0.15) is 10.5 Å². The van der Waals surface area contributed by atoms with Gasteiger partial charge in [0.05, 0.1) is 6.54 Å². The number of benzene rings is 1. The van der Waals surface area contributed by atoms with Crippen LogP contribution in [-0.2, 0) is 0 Å². The van der Waals surface area contributed by atoms with Gasteiger partial charge in [0.1, 0.15) is 12.3 Å². The van der Waals surface area contributed by atoms with Crippen molar-refractivity contribution in [2.75, 3.05) is 20.2 Å². The molecule has 2 rings (SSSR count). The summed E-state index contributed by atoms with van der Waals surface area (Å²) in [5, 5.41) is 0. The van der Waals surface area contributed by atoms with Crippen molar-refractivity contribution < 1.29 is 13.9 Å². The molecule has 0 aliphatic heterocycles. The third-order valence-corrected chi connectivity index (χ3v) is 2.75. The first-order valence-corrected chi connectivity index (χ1v) is 6.22. The fourth-order valence-electron chi connectivity index (χ4n) is 1.64. The van der Waals surface area contributed by atoms with Gasteiger partial charge in [-0.15, -0.1) is 0 Å². The van der Waals surface area contributed by atoms with E-state index in [-0.39, 0.29) is 18.3 Å². The topological polar surface area (TPSA) is 42.4 Å². The number of carbonyl (C=O) groups is 1. The molecule has 1 aromatic carbocycles. The second-order valence-electron chi connectivity index (χ2n) is 4.22. The van der Waals surface area contributed by atoms with Gasteiger partial charge in [0, 0.05) is 13.2 Å². The van der Waals surface area contributed by atoms with Crippen LogP contribution >= 0.6 is 0 Å². The van der Waals surface area contributed by atoms with Gasteiger partial charge in [0.15, 0.2) is 11.6 Å². The molecule has 0 saturated carbocycles. The smallest absolute Gasteiger partial charge is 0.272 e. The lowest BCUT2D eigenvalue weighted by Gasteiger charge is -2.17. The number of halogens is 1. The van der Waals surface area contributed by atoms with Gasteiger partial charge < -0.3 is 9.64 Å². The van der Waals surface area contributed by atoms with E-state index in [1.807, 2.05) is 0 Å². The summed E-state index contributed by atoms with van der Waals surface area (Å²) in [4.78, 5) is 17.5. The van der Waals surface area contributed by atoms with Crippen molar-refractivity contribution in [1.29, 1.82) is 0 Å². The molecule has 5 heteroatoms. The van der Waals surface area contributed by atoms with E-state index in [1.165, 1.54) is 11.0 Å². The summed E-state index contributed by atoms with van der Waals surface area (Å²) in [6, 6.07) is 11.3. The number of ether oxygens (including phenoxy) is 1. The molecule has 4 nitrogen and oxygen atoms in total. The third kappa shape index (κ3) is 3.54. The van der Waals surface area contributed by atoms with Crippen LogP contribution in [0.3, 0.4) is 0 Å². The lowest BCUT2D eigenvalue weighted by atomic mass is 10.3. The zero-order valence-electron chi connectivity index (χ0n) is 11.1. The highest BCUT2D eigenvalue weighted by molar-refractivity contribution is 5.91. The van der Waals surface area contributed by atoms with Gasteiger partial charge in [0.2, 0.25) is 0 Å². The van der Waals surface area contributed by atoms with E-state index in [4.69, 9.17) is 4.74 Å². The van der Waals surface area contributed by atoms with Crippen molar-refractivity contribution in [3.63, 3.8) is 0 Å². The van der Waals surface area contributed by atoms with E-state index in [0.717, 1.165) is 0 Å². The molecule has 0 N–H and O–H groups in total. The minimum atomic E-state index is -0.411. The molecule has 0 bridgehead atoms. The van der Waals surface area contributed by atoms with Crippen molar-refractivity contribution in [2.24, 2.45) is 0 Å². The molecule has 1 amide bonds. The zero-order chi connectivity index (χ0) is 14.4. The summed E-state index contributed by atoms with van der Waals surface area (Å²) in [6.45, 7) is 0.569. The molecular weight excluding hydrogens is 259 g/mol. The van der Waals surface area contributed by atoms with E-state index in [1.54, 1.807) is 49.6 Å². The van der Waals surface area contributed by atoms with Crippen LogP contribution in [-0.4, -0.2) is 36.0 Å². The van der Waals surface area contributed by atoms with E-state index in [2.05, 4.69) is 4.98 Å². The number of likely N-dealkylation sites (N-methyl/N-ethyl adjacent to an activating group) is 1. The fourth-order valence-corrected chi connectivity index (χ4v) is 1.64. The average Bonchev–Trinajstić information content (AvgIpc) is 2.49. The first-order chi connectivity index (χ1) is 9.68. The van der Waals surface area contributed by atoms with E-state index >= 15 is 0 Å². The van der Waals surface area contributed by atoms with E-state index in [9.17, 15) is 9.18 Å². The Balaban J connectivity index is 1.85. The van der Waals surface area contributed by atoms with Gasteiger partial charge in [-0.1, -0.05) is 18.2 Å². The van der Waals surface area contributed by atoms with Gasteiger partial charge in [-0.3, -0.25) is 9.78 Å². The quantitative estimate of drug-likeness (QED) is 0.840. The highest BCUT2D eigenvalue weighted by Gasteiger charge is 2.12. The molecule has 0 radical (unpaired) electrons. The molecular formula is C15H15FN2O2. The van der Waals surface area contributed by atoms with Gasteiger partial charge in [-0.2, -0.15) is 0 Å². The normalized spacial score (nSPS) is 10.1. The first-order valence-electron chi connectivity index (χ1n) is 6.22. The lowest BCUT2D eigenvalue weighted by Crippen LogP contribution is -2.31. The number of rotatable bonds is 5. The van der Waals surface area contributed by atoms with Crippen molar-refractivity contribution >= 4 is 5.91 Å². The van der Waals surface area contributed by atoms with E-state index in [0.29, 0.717) is 12.2 Å². The number of carbonyl (C=O) groups excluding carboxylic acids is 1. The second-order valence-corrected chi connectivity index (χ2v) is 4.22. The van der Waals surface area contributed by atoms with Crippen LogP contribution in [0.5, 0.6) is 5.75 Å². The Morgan fingerprint density at radius 3 is 2.70 bits per heavy atom. The Labute approximate surface area is 116 Å². The summed E-state index contributed by atoms with van der Waals surface area (Å²) in [7, 11) is 1.65. The maximum atomic E-state index is 13.3. The summed E-state index contributed by atoms with van der Waals surface area (Å²) in [6.07, 6.45) is 1.57. The maximum Gasteiger partial charge on any atom is 0.272 e. The van der Waals surface area contributed by atoms with Gasteiger partial charge >= 0.3 is 0 Å². The van der Waals surface area contributed by atoms with Crippen molar-refractivity contribution in [1.82, 2.24) is 9.88 Å². The summed E-state index contributed by atoms with van der Waals surface area (Å²) in [5.74, 6) is -0.417. The van der Waals surface area contributed by atoms with Gasteiger partial charge in [0.25, 0.3) is 5.91 Å². The highest BCUT2D eigenvalue weighted by Crippen LogP contribution is 2.15. The molecule has 104 valence electrons. The molecule has 0 spiro atoms. The molecule has 0 atom stereocenters. The Hall–Kier alpha value is -2.43. The molecule has 0 fully saturated rings. The maximum absolute atomic E-state index is 13.3. The lowest BCUT2D eigenvalue weighted by molar-refractivity contribution is 0.0767. The van der Waals surface area contributed by atoms with Crippen LogP contribution < -0.4 is 4.74 Å². The molecule has 0 saturated heterocycles. The molecule has 1 aromatic heterocycles. The van der Waals surface area contributed by atoms with Gasteiger partial charge in [-0.05, 0) is 24.3 Å². The van der Waals surface area contributed by atoms with Crippen LogP contribution in [0, 0.1) is 5.82 Å². The van der Waals surface area contributed by atoms with Gasteiger partial charge in [-0.25, -0.2) is 4.39 Å². The number of nitrogens with zero attached hydrogens (tertiary/aromatic N) is 2. The largest absolute Gasteiger partial charge is 0.489 e. The first kappa shape index (κ1) is 14.0. The predicted molar refractivity (Wildman–Crippen MR) is 73.1 cm³/mol.